The van der Waals surface area contributed by atoms with E-state index < -0.39 is 23.9 Å². The smallest absolute Gasteiger partial charge is 0.308 e. The van der Waals surface area contributed by atoms with Crippen LogP contribution >= 0.6 is 23.2 Å². The second-order valence-corrected chi connectivity index (χ2v) is 5.84. The lowest BCUT2D eigenvalue weighted by molar-refractivity contribution is -0.155. The molecule has 1 amide bonds. The Hall–Kier alpha value is -2.05. The normalized spacial score (nSPS) is 19.7. The molecule has 0 spiro atoms. The number of hydrogen-bond acceptors (Lipinski definition) is 4. The third kappa shape index (κ3) is 3.83. The van der Waals surface area contributed by atoms with E-state index in [-0.39, 0.29) is 13.0 Å². The number of rotatable bonds is 6. The molecule has 1 aliphatic rings. The van der Waals surface area contributed by atoms with Crippen molar-refractivity contribution in [3.63, 3.8) is 0 Å². The lowest BCUT2D eigenvalue weighted by Crippen LogP contribution is -2.48. The summed E-state index contributed by atoms with van der Waals surface area (Å²) in [4.78, 5) is 28.7. The van der Waals surface area contributed by atoms with Crippen molar-refractivity contribution in [3.05, 3.63) is 46.5 Å². The van der Waals surface area contributed by atoms with Gasteiger partial charge in [-0.3, -0.25) is 9.59 Å². The third-order valence-electron chi connectivity index (χ3n) is 3.28. The molecular formula is C15H14Cl2N2O4. The van der Waals surface area contributed by atoms with Crippen molar-refractivity contribution in [1.82, 2.24) is 5.32 Å². The number of carboxylic acids is 1. The molecule has 0 aliphatic carbocycles. The highest BCUT2D eigenvalue weighted by Gasteiger charge is 2.48. The van der Waals surface area contributed by atoms with Gasteiger partial charge in [0.2, 0.25) is 5.60 Å². The van der Waals surface area contributed by atoms with Crippen LogP contribution in [0.4, 0.5) is 0 Å². The van der Waals surface area contributed by atoms with Crippen LogP contribution in [0.1, 0.15) is 18.4 Å². The molecule has 6 nitrogen and oxygen atoms in total. The zero-order chi connectivity index (χ0) is 17.0. The summed E-state index contributed by atoms with van der Waals surface area (Å²) >= 11 is 12.0. The van der Waals surface area contributed by atoms with E-state index in [9.17, 15) is 9.59 Å². The van der Waals surface area contributed by atoms with Crippen LogP contribution in [0, 0.1) is 0 Å². The summed E-state index contributed by atoms with van der Waals surface area (Å²) in [5.41, 5.74) is -0.672. The van der Waals surface area contributed by atoms with Gasteiger partial charge < -0.3 is 15.3 Å². The molecule has 1 atom stereocenters. The molecule has 1 unspecified atom stereocenters. The quantitative estimate of drug-likeness (QED) is 0.766. The van der Waals surface area contributed by atoms with Crippen molar-refractivity contribution < 1.29 is 19.5 Å². The van der Waals surface area contributed by atoms with Crippen LogP contribution in [0.2, 0.25) is 10.0 Å². The molecule has 1 aromatic carbocycles. The van der Waals surface area contributed by atoms with Crippen LogP contribution < -0.4 is 5.32 Å². The van der Waals surface area contributed by atoms with Gasteiger partial charge in [-0.05, 0) is 12.1 Å². The summed E-state index contributed by atoms with van der Waals surface area (Å²) in [6.45, 7) is 3.69. The maximum atomic E-state index is 12.3. The number of carbonyl (C=O) groups is 2. The first-order valence-electron chi connectivity index (χ1n) is 6.69. The number of aliphatic carboxylic acids is 1. The summed E-state index contributed by atoms with van der Waals surface area (Å²) in [5.74, 6) is -1.74. The average Bonchev–Trinajstić information content (AvgIpc) is 2.89. The first-order chi connectivity index (χ1) is 10.9. The number of nitrogens with one attached hydrogen (secondary N) is 1. The minimum Gasteiger partial charge on any atom is -0.481 e. The maximum Gasteiger partial charge on any atom is 0.308 e. The van der Waals surface area contributed by atoms with Gasteiger partial charge in [-0.15, -0.1) is 6.58 Å². The highest BCUT2D eigenvalue weighted by Crippen LogP contribution is 2.33. The van der Waals surface area contributed by atoms with E-state index in [0.717, 1.165) is 0 Å². The van der Waals surface area contributed by atoms with Crippen LogP contribution in [0.15, 0.2) is 36.0 Å². The van der Waals surface area contributed by atoms with E-state index in [1.54, 1.807) is 12.1 Å². The number of oxime groups is 1. The summed E-state index contributed by atoms with van der Waals surface area (Å²) in [6, 6.07) is 4.81. The number of halogens is 2. The van der Waals surface area contributed by atoms with Crippen molar-refractivity contribution in [2.45, 2.75) is 18.4 Å². The van der Waals surface area contributed by atoms with Gasteiger partial charge >= 0.3 is 5.97 Å². The molecule has 0 fully saturated rings. The molecule has 122 valence electrons. The van der Waals surface area contributed by atoms with Gasteiger partial charge in [0.15, 0.2) is 0 Å². The number of hydrogen-bond donors (Lipinski definition) is 2. The summed E-state index contributed by atoms with van der Waals surface area (Å²) < 4.78 is 0. The minimum atomic E-state index is -1.60. The number of amides is 1. The van der Waals surface area contributed by atoms with Gasteiger partial charge in [-0.25, -0.2) is 0 Å². The van der Waals surface area contributed by atoms with Gasteiger partial charge in [0.05, 0.1) is 17.2 Å². The Balaban J connectivity index is 2.26. The second kappa shape index (κ2) is 7.02. The first-order valence-corrected chi connectivity index (χ1v) is 7.45. The van der Waals surface area contributed by atoms with Crippen molar-refractivity contribution >= 4 is 40.8 Å². The van der Waals surface area contributed by atoms with Gasteiger partial charge in [0, 0.05) is 23.6 Å². The predicted octanol–water partition coefficient (Wildman–Crippen LogP) is 2.63. The predicted molar refractivity (Wildman–Crippen MR) is 86.9 cm³/mol. The standard InChI is InChI=1S/C15H14Cl2N2O4/c1-2-5-18-14(22)15(8-13(20)21)7-12(19-23-15)10-4-3-9(16)6-11(10)17/h2-4,6H,1,5,7-8H2,(H,18,22)(H,20,21). The van der Waals surface area contributed by atoms with E-state index in [1.165, 1.54) is 12.1 Å². The van der Waals surface area contributed by atoms with Gasteiger partial charge in [-0.2, -0.15) is 0 Å². The molecule has 1 aromatic rings. The molecular weight excluding hydrogens is 343 g/mol. The SMILES string of the molecule is C=CCNC(=O)C1(CC(=O)O)CC(c2ccc(Cl)cc2Cl)=NO1. The number of nitrogens with zero attached hydrogens (tertiary/aromatic N) is 1. The first kappa shape index (κ1) is 17.3. The molecule has 0 radical (unpaired) electrons. The molecule has 8 heteroatoms. The van der Waals surface area contributed by atoms with E-state index in [4.69, 9.17) is 33.1 Å². The number of carbonyl (C=O) groups excluding carboxylic acids is 1. The van der Waals surface area contributed by atoms with Gasteiger partial charge in [0.1, 0.15) is 0 Å². The van der Waals surface area contributed by atoms with Gasteiger partial charge in [0.25, 0.3) is 5.91 Å². The fraction of sp³-hybridized carbons (Fsp3) is 0.267. The molecule has 0 saturated heterocycles. The lowest BCUT2D eigenvalue weighted by Gasteiger charge is -2.23. The van der Waals surface area contributed by atoms with Crippen LogP contribution in [0.25, 0.3) is 0 Å². The Morgan fingerprint density at radius 3 is 2.83 bits per heavy atom. The molecule has 1 heterocycles. The molecule has 2 N–H and O–H groups in total. The van der Waals surface area contributed by atoms with E-state index in [2.05, 4.69) is 17.1 Å². The summed E-state index contributed by atoms with van der Waals surface area (Å²) in [5, 5.41) is 16.3. The fourth-order valence-corrected chi connectivity index (χ4v) is 2.73. The van der Waals surface area contributed by atoms with Crippen LogP contribution in [0.5, 0.6) is 0 Å². The summed E-state index contributed by atoms with van der Waals surface area (Å²) in [7, 11) is 0. The minimum absolute atomic E-state index is 0.0103. The highest BCUT2D eigenvalue weighted by molar-refractivity contribution is 6.37. The zero-order valence-corrected chi connectivity index (χ0v) is 13.5. The van der Waals surface area contributed by atoms with Gasteiger partial charge in [-0.1, -0.05) is 40.5 Å². The Kier molecular flexibility index (Phi) is 5.28. The Morgan fingerprint density at radius 2 is 2.22 bits per heavy atom. The maximum absolute atomic E-state index is 12.3. The Morgan fingerprint density at radius 1 is 1.48 bits per heavy atom. The number of carboxylic acid groups (broad SMARTS) is 1. The van der Waals surface area contributed by atoms with E-state index in [1.807, 2.05) is 0 Å². The summed E-state index contributed by atoms with van der Waals surface area (Å²) in [6.07, 6.45) is 0.955. The van der Waals surface area contributed by atoms with E-state index >= 15 is 0 Å². The third-order valence-corrected chi connectivity index (χ3v) is 3.83. The second-order valence-electron chi connectivity index (χ2n) is 4.99. The molecule has 0 aromatic heterocycles. The van der Waals surface area contributed by atoms with E-state index in [0.29, 0.717) is 21.3 Å². The fourth-order valence-electron chi connectivity index (χ4n) is 2.21. The zero-order valence-electron chi connectivity index (χ0n) is 12.0. The number of benzene rings is 1. The topological polar surface area (TPSA) is 88.0 Å². The highest BCUT2D eigenvalue weighted by atomic mass is 35.5. The molecule has 0 bridgehead atoms. The largest absolute Gasteiger partial charge is 0.481 e. The average molecular weight is 357 g/mol. The Labute approximate surface area is 142 Å². The van der Waals surface area contributed by atoms with Crippen molar-refractivity contribution in [1.29, 1.82) is 0 Å². The molecule has 2 rings (SSSR count). The molecule has 1 aliphatic heterocycles. The van der Waals surface area contributed by atoms with Crippen molar-refractivity contribution in [2.24, 2.45) is 5.16 Å². The van der Waals surface area contributed by atoms with Crippen LogP contribution in [-0.2, 0) is 14.4 Å². The van der Waals surface area contributed by atoms with Crippen LogP contribution in [0.3, 0.4) is 0 Å². The van der Waals surface area contributed by atoms with Crippen molar-refractivity contribution in [3.8, 4) is 0 Å². The monoisotopic (exact) mass is 356 g/mol. The van der Waals surface area contributed by atoms with Crippen molar-refractivity contribution in [2.75, 3.05) is 6.54 Å². The molecule has 23 heavy (non-hydrogen) atoms. The lowest BCUT2D eigenvalue weighted by atomic mass is 9.90. The van der Waals surface area contributed by atoms with Crippen LogP contribution in [-0.4, -0.2) is 34.8 Å². The Bertz CT molecular complexity index is 690. The molecule has 0 saturated carbocycles.